The Balaban J connectivity index is 1.78. The van der Waals surface area contributed by atoms with Gasteiger partial charge in [-0.1, -0.05) is 13.0 Å². The van der Waals surface area contributed by atoms with E-state index in [1.54, 1.807) is 12.1 Å². The summed E-state index contributed by atoms with van der Waals surface area (Å²) in [5.41, 5.74) is 0.737. The summed E-state index contributed by atoms with van der Waals surface area (Å²) in [6.07, 6.45) is 2.81. The number of amides is 1. The van der Waals surface area contributed by atoms with Crippen LogP contribution in [0.3, 0.4) is 0 Å². The Kier molecular flexibility index (Phi) is 6.19. The highest BCUT2D eigenvalue weighted by molar-refractivity contribution is 5.76. The molecule has 1 heterocycles. The number of hydrogen-bond donors (Lipinski definition) is 2. The number of ether oxygens (including phenoxy) is 1. The molecule has 2 N–H and O–H groups in total. The summed E-state index contributed by atoms with van der Waals surface area (Å²) >= 11 is 0. The number of rotatable bonds is 6. The van der Waals surface area contributed by atoms with Crippen LogP contribution in [0.5, 0.6) is 5.75 Å². The second-order valence-electron chi connectivity index (χ2n) is 6.01. The van der Waals surface area contributed by atoms with E-state index in [0.29, 0.717) is 24.8 Å². The van der Waals surface area contributed by atoms with Crippen LogP contribution in [-0.2, 0) is 11.3 Å². The molecule has 0 aromatic heterocycles. The Labute approximate surface area is 131 Å². The molecule has 4 nitrogen and oxygen atoms in total. The van der Waals surface area contributed by atoms with Crippen LogP contribution >= 0.6 is 0 Å². The van der Waals surface area contributed by atoms with E-state index in [1.165, 1.54) is 13.2 Å². The molecule has 0 saturated carbocycles. The third-order valence-electron chi connectivity index (χ3n) is 4.40. The molecule has 0 radical (unpaired) electrons. The summed E-state index contributed by atoms with van der Waals surface area (Å²) in [6, 6.07) is 4.74. The maximum atomic E-state index is 13.6. The van der Waals surface area contributed by atoms with Crippen LogP contribution in [0.4, 0.5) is 4.39 Å². The van der Waals surface area contributed by atoms with Crippen molar-refractivity contribution >= 4 is 5.91 Å². The third kappa shape index (κ3) is 4.70. The van der Waals surface area contributed by atoms with Crippen LogP contribution in [0.2, 0.25) is 0 Å². The van der Waals surface area contributed by atoms with Gasteiger partial charge in [-0.25, -0.2) is 4.39 Å². The predicted octanol–water partition coefficient (Wildman–Crippen LogP) is 2.48. The molecule has 1 aromatic rings. The van der Waals surface area contributed by atoms with E-state index >= 15 is 0 Å². The standard InChI is InChI=1S/C17H25FN2O2/c1-12(14-5-7-19-8-6-14)9-17(21)20-11-13-3-4-16(22-2)15(18)10-13/h3-4,10,12,14,19H,5-9,11H2,1-2H3,(H,20,21). The first-order chi connectivity index (χ1) is 10.6. The molecule has 1 fully saturated rings. The lowest BCUT2D eigenvalue weighted by atomic mass is 9.84. The largest absolute Gasteiger partial charge is 0.494 e. The maximum absolute atomic E-state index is 13.6. The van der Waals surface area contributed by atoms with Crippen molar-refractivity contribution in [1.29, 1.82) is 0 Å². The van der Waals surface area contributed by atoms with Gasteiger partial charge < -0.3 is 15.4 Å². The van der Waals surface area contributed by atoms with E-state index in [9.17, 15) is 9.18 Å². The molecule has 1 amide bonds. The van der Waals surface area contributed by atoms with Crippen molar-refractivity contribution < 1.29 is 13.9 Å². The quantitative estimate of drug-likeness (QED) is 0.849. The van der Waals surface area contributed by atoms with Gasteiger partial charge in [0, 0.05) is 13.0 Å². The zero-order chi connectivity index (χ0) is 15.9. The van der Waals surface area contributed by atoms with Gasteiger partial charge in [0.2, 0.25) is 5.91 Å². The Morgan fingerprint density at radius 1 is 1.45 bits per heavy atom. The highest BCUT2D eigenvalue weighted by atomic mass is 19.1. The Morgan fingerprint density at radius 2 is 2.18 bits per heavy atom. The number of methoxy groups -OCH3 is 1. The minimum Gasteiger partial charge on any atom is -0.494 e. The fraction of sp³-hybridized carbons (Fsp3) is 0.588. The summed E-state index contributed by atoms with van der Waals surface area (Å²) in [5, 5.41) is 6.21. The van der Waals surface area contributed by atoms with Gasteiger partial charge in [0.25, 0.3) is 0 Å². The van der Waals surface area contributed by atoms with E-state index < -0.39 is 5.82 Å². The van der Waals surface area contributed by atoms with Crippen molar-refractivity contribution in [1.82, 2.24) is 10.6 Å². The number of halogens is 1. The molecule has 1 aliphatic rings. The molecule has 0 aliphatic carbocycles. The first-order valence-electron chi connectivity index (χ1n) is 7.90. The summed E-state index contributed by atoms with van der Waals surface area (Å²) in [6.45, 7) is 4.57. The number of carbonyl (C=O) groups is 1. The van der Waals surface area contributed by atoms with E-state index in [4.69, 9.17) is 4.74 Å². The van der Waals surface area contributed by atoms with Crippen LogP contribution in [0, 0.1) is 17.7 Å². The molecular formula is C17H25FN2O2. The predicted molar refractivity (Wildman–Crippen MR) is 84.2 cm³/mol. The Hall–Kier alpha value is -1.62. The topological polar surface area (TPSA) is 50.4 Å². The smallest absolute Gasteiger partial charge is 0.220 e. The van der Waals surface area contributed by atoms with Crippen LogP contribution in [0.1, 0.15) is 31.7 Å². The van der Waals surface area contributed by atoms with Crippen molar-refractivity contribution in [3.05, 3.63) is 29.6 Å². The van der Waals surface area contributed by atoms with Gasteiger partial charge in [-0.05, 0) is 55.5 Å². The molecule has 2 rings (SSSR count). The minimum atomic E-state index is -0.405. The molecule has 1 aromatic carbocycles. The molecule has 22 heavy (non-hydrogen) atoms. The zero-order valence-electron chi connectivity index (χ0n) is 13.3. The van der Waals surface area contributed by atoms with Gasteiger partial charge in [0.05, 0.1) is 7.11 Å². The highest BCUT2D eigenvalue weighted by Gasteiger charge is 2.21. The molecular weight excluding hydrogens is 283 g/mol. The summed E-state index contributed by atoms with van der Waals surface area (Å²) in [7, 11) is 1.43. The van der Waals surface area contributed by atoms with Crippen LogP contribution in [0.15, 0.2) is 18.2 Å². The monoisotopic (exact) mass is 308 g/mol. The SMILES string of the molecule is COc1ccc(CNC(=O)CC(C)C2CCNCC2)cc1F. The molecule has 122 valence electrons. The molecule has 5 heteroatoms. The minimum absolute atomic E-state index is 0.0299. The van der Waals surface area contributed by atoms with E-state index in [1.807, 2.05) is 0 Å². The van der Waals surface area contributed by atoms with E-state index in [0.717, 1.165) is 31.5 Å². The molecule has 1 unspecified atom stereocenters. The number of nitrogens with one attached hydrogen (secondary N) is 2. The van der Waals surface area contributed by atoms with Crippen LogP contribution < -0.4 is 15.4 Å². The number of piperidine rings is 1. The molecule has 1 atom stereocenters. The van der Waals surface area contributed by atoms with Crippen LogP contribution in [0.25, 0.3) is 0 Å². The fourth-order valence-electron chi connectivity index (χ4n) is 2.97. The average Bonchev–Trinajstić information content (AvgIpc) is 2.54. The lowest BCUT2D eigenvalue weighted by Gasteiger charge is -2.27. The van der Waals surface area contributed by atoms with E-state index in [2.05, 4.69) is 17.6 Å². The second-order valence-corrected chi connectivity index (χ2v) is 6.01. The van der Waals surface area contributed by atoms with Gasteiger partial charge in [-0.15, -0.1) is 0 Å². The average molecular weight is 308 g/mol. The first-order valence-corrected chi connectivity index (χ1v) is 7.90. The molecule has 1 aliphatic heterocycles. The highest BCUT2D eigenvalue weighted by Crippen LogP contribution is 2.24. The van der Waals surface area contributed by atoms with Gasteiger partial charge in [0.1, 0.15) is 0 Å². The second kappa shape index (κ2) is 8.13. The molecule has 1 saturated heterocycles. The Bertz CT molecular complexity index is 501. The third-order valence-corrected chi connectivity index (χ3v) is 4.40. The summed E-state index contributed by atoms with van der Waals surface area (Å²) in [5.74, 6) is 0.842. The lowest BCUT2D eigenvalue weighted by molar-refractivity contribution is -0.122. The summed E-state index contributed by atoms with van der Waals surface area (Å²) < 4.78 is 18.5. The molecule has 0 spiro atoms. The number of carbonyl (C=O) groups excluding carboxylic acids is 1. The van der Waals surface area contributed by atoms with Crippen molar-refractivity contribution in [2.24, 2.45) is 11.8 Å². The van der Waals surface area contributed by atoms with Crippen molar-refractivity contribution in [2.75, 3.05) is 20.2 Å². The van der Waals surface area contributed by atoms with Gasteiger partial charge in [-0.2, -0.15) is 0 Å². The maximum Gasteiger partial charge on any atom is 0.220 e. The summed E-state index contributed by atoms with van der Waals surface area (Å²) in [4.78, 5) is 12.0. The van der Waals surface area contributed by atoms with Crippen molar-refractivity contribution in [2.45, 2.75) is 32.7 Å². The first kappa shape index (κ1) is 16.7. The lowest BCUT2D eigenvalue weighted by Crippen LogP contribution is -2.33. The fourth-order valence-corrected chi connectivity index (χ4v) is 2.97. The van der Waals surface area contributed by atoms with Crippen molar-refractivity contribution in [3.63, 3.8) is 0 Å². The van der Waals surface area contributed by atoms with Crippen molar-refractivity contribution in [3.8, 4) is 5.75 Å². The van der Waals surface area contributed by atoms with Gasteiger partial charge >= 0.3 is 0 Å². The Morgan fingerprint density at radius 3 is 2.82 bits per heavy atom. The normalized spacial score (nSPS) is 17.0. The zero-order valence-corrected chi connectivity index (χ0v) is 13.3. The number of hydrogen-bond acceptors (Lipinski definition) is 3. The van der Waals surface area contributed by atoms with Gasteiger partial charge in [-0.3, -0.25) is 4.79 Å². The number of benzene rings is 1. The van der Waals surface area contributed by atoms with Crippen LogP contribution in [-0.4, -0.2) is 26.1 Å². The van der Waals surface area contributed by atoms with Gasteiger partial charge in [0.15, 0.2) is 11.6 Å². The molecule has 0 bridgehead atoms. The van der Waals surface area contributed by atoms with E-state index in [-0.39, 0.29) is 11.7 Å².